The highest BCUT2D eigenvalue weighted by Gasteiger charge is 2.15. The number of nitrogens with zero attached hydrogens (tertiary/aromatic N) is 1. The van der Waals surface area contributed by atoms with Crippen LogP contribution in [0.1, 0.15) is 37.5 Å². The number of aryl methyl sites for hydroxylation is 1. The Morgan fingerprint density at radius 2 is 2.29 bits per heavy atom. The number of thiazole rings is 1. The maximum absolute atomic E-state index is 9.54. The summed E-state index contributed by atoms with van der Waals surface area (Å²) in [7, 11) is 0. The first kappa shape index (κ1) is 11.6. The highest BCUT2D eigenvalue weighted by molar-refractivity contribution is 7.09. The van der Waals surface area contributed by atoms with Crippen LogP contribution in [0.5, 0.6) is 0 Å². The van der Waals surface area contributed by atoms with Gasteiger partial charge in [0.15, 0.2) is 0 Å². The molecule has 1 atom stereocenters. The van der Waals surface area contributed by atoms with E-state index in [4.69, 9.17) is 0 Å². The van der Waals surface area contributed by atoms with E-state index in [-0.39, 0.29) is 6.04 Å². The molecule has 1 aromatic rings. The van der Waals surface area contributed by atoms with Gasteiger partial charge in [0.05, 0.1) is 11.6 Å². The minimum Gasteiger partial charge on any atom is -0.389 e. The number of aromatic nitrogens is 1. The fourth-order valence-corrected chi connectivity index (χ4v) is 1.89. The predicted octanol–water partition coefficient (Wildman–Crippen LogP) is 1.87. The second-order valence-corrected chi connectivity index (χ2v) is 5.13. The molecule has 1 unspecified atom stereocenters. The summed E-state index contributed by atoms with van der Waals surface area (Å²) in [5, 5.41) is 15.9. The zero-order valence-electron chi connectivity index (χ0n) is 9.16. The lowest BCUT2D eigenvalue weighted by Gasteiger charge is -2.20. The first-order valence-corrected chi connectivity index (χ1v) is 5.64. The summed E-state index contributed by atoms with van der Waals surface area (Å²) in [6.07, 6.45) is 0. The highest BCUT2D eigenvalue weighted by atomic mass is 32.1. The Morgan fingerprint density at radius 3 is 2.71 bits per heavy atom. The smallest absolute Gasteiger partial charge is 0.110 e. The monoisotopic (exact) mass is 214 g/mol. The van der Waals surface area contributed by atoms with Gasteiger partial charge in [-0.15, -0.1) is 11.3 Å². The first-order chi connectivity index (χ1) is 6.38. The largest absolute Gasteiger partial charge is 0.389 e. The Labute approximate surface area is 89.2 Å². The summed E-state index contributed by atoms with van der Waals surface area (Å²) in [5.41, 5.74) is 0.391. The van der Waals surface area contributed by atoms with E-state index in [0.29, 0.717) is 6.54 Å². The van der Waals surface area contributed by atoms with Crippen LogP contribution in [0.25, 0.3) is 0 Å². The molecule has 0 aliphatic heterocycles. The molecule has 2 N–H and O–H groups in total. The zero-order chi connectivity index (χ0) is 10.8. The molecule has 0 aliphatic rings. The minimum absolute atomic E-state index is 0.208. The van der Waals surface area contributed by atoms with Gasteiger partial charge in [0, 0.05) is 17.6 Å². The molecule has 0 amide bonds. The van der Waals surface area contributed by atoms with Crippen LogP contribution in [0.3, 0.4) is 0 Å². The van der Waals surface area contributed by atoms with Crippen LogP contribution in [0.4, 0.5) is 0 Å². The van der Waals surface area contributed by atoms with Gasteiger partial charge in [-0.05, 0) is 27.7 Å². The van der Waals surface area contributed by atoms with Crippen LogP contribution in [-0.4, -0.2) is 22.2 Å². The molecule has 0 spiro atoms. The van der Waals surface area contributed by atoms with Gasteiger partial charge in [-0.3, -0.25) is 0 Å². The number of aliphatic hydroxyl groups is 1. The van der Waals surface area contributed by atoms with E-state index in [1.807, 2.05) is 12.3 Å². The van der Waals surface area contributed by atoms with Crippen LogP contribution >= 0.6 is 11.3 Å². The number of hydrogen-bond donors (Lipinski definition) is 2. The van der Waals surface area contributed by atoms with Crippen molar-refractivity contribution in [2.75, 3.05) is 6.54 Å². The molecule has 0 radical (unpaired) electrons. The Hall–Kier alpha value is -0.450. The summed E-state index contributed by atoms with van der Waals surface area (Å²) < 4.78 is 0. The van der Waals surface area contributed by atoms with E-state index in [2.05, 4.69) is 17.2 Å². The molecule has 0 saturated carbocycles. The lowest BCUT2D eigenvalue weighted by atomic mass is 10.1. The van der Waals surface area contributed by atoms with Gasteiger partial charge in [0.2, 0.25) is 0 Å². The topological polar surface area (TPSA) is 45.1 Å². The van der Waals surface area contributed by atoms with E-state index in [1.165, 1.54) is 0 Å². The van der Waals surface area contributed by atoms with E-state index in [9.17, 15) is 5.11 Å². The molecule has 0 saturated heterocycles. The SMILES string of the molecule is Cc1csc(C(C)NCC(C)(C)O)n1. The average Bonchev–Trinajstić information content (AvgIpc) is 2.46. The van der Waals surface area contributed by atoms with Gasteiger partial charge in [-0.1, -0.05) is 0 Å². The molecule has 4 heteroatoms. The second-order valence-electron chi connectivity index (χ2n) is 4.24. The second kappa shape index (κ2) is 4.38. The molecule has 0 aromatic carbocycles. The maximum Gasteiger partial charge on any atom is 0.110 e. The van der Waals surface area contributed by atoms with Crippen molar-refractivity contribution in [3.63, 3.8) is 0 Å². The Balaban J connectivity index is 2.47. The van der Waals surface area contributed by atoms with Crippen molar-refractivity contribution in [3.05, 3.63) is 16.1 Å². The quantitative estimate of drug-likeness (QED) is 0.804. The zero-order valence-corrected chi connectivity index (χ0v) is 9.98. The highest BCUT2D eigenvalue weighted by Crippen LogP contribution is 2.17. The van der Waals surface area contributed by atoms with Gasteiger partial charge in [0.1, 0.15) is 5.01 Å². The lowest BCUT2D eigenvalue weighted by Crippen LogP contribution is -2.36. The Morgan fingerprint density at radius 1 is 1.64 bits per heavy atom. The van der Waals surface area contributed by atoms with E-state index >= 15 is 0 Å². The van der Waals surface area contributed by atoms with Crippen molar-refractivity contribution in [1.29, 1.82) is 0 Å². The van der Waals surface area contributed by atoms with Crippen molar-refractivity contribution in [2.24, 2.45) is 0 Å². The molecule has 1 rings (SSSR count). The van der Waals surface area contributed by atoms with Crippen molar-refractivity contribution >= 4 is 11.3 Å². The molecular weight excluding hydrogens is 196 g/mol. The van der Waals surface area contributed by atoms with Gasteiger partial charge in [-0.25, -0.2) is 4.98 Å². The third kappa shape index (κ3) is 3.74. The van der Waals surface area contributed by atoms with E-state index in [0.717, 1.165) is 10.7 Å². The standard InChI is InChI=1S/C10H18N2OS/c1-7-5-14-9(12-7)8(2)11-6-10(3,4)13/h5,8,11,13H,6H2,1-4H3. The van der Waals surface area contributed by atoms with Gasteiger partial charge >= 0.3 is 0 Å². The van der Waals surface area contributed by atoms with E-state index in [1.54, 1.807) is 25.2 Å². The first-order valence-electron chi connectivity index (χ1n) is 4.76. The molecule has 1 heterocycles. The van der Waals surface area contributed by atoms with Crippen molar-refractivity contribution in [2.45, 2.75) is 39.3 Å². The number of nitrogens with one attached hydrogen (secondary N) is 1. The molecular formula is C10H18N2OS. The Kier molecular flexibility index (Phi) is 3.64. The van der Waals surface area contributed by atoms with Crippen molar-refractivity contribution in [1.82, 2.24) is 10.3 Å². The van der Waals surface area contributed by atoms with Gasteiger partial charge in [-0.2, -0.15) is 0 Å². The Bertz CT molecular complexity index is 291. The minimum atomic E-state index is -0.666. The van der Waals surface area contributed by atoms with Crippen LogP contribution < -0.4 is 5.32 Å². The average molecular weight is 214 g/mol. The molecule has 80 valence electrons. The van der Waals surface area contributed by atoms with Crippen LogP contribution in [-0.2, 0) is 0 Å². The molecule has 0 bridgehead atoms. The normalized spacial score (nSPS) is 14.4. The van der Waals surface area contributed by atoms with Crippen LogP contribution in [0.15, 0.2) is 5.38 Å². The third-order valence-corrected chi connectivity index (χ3v) is 2.99. The van der Waals surface area contributed by atoms with Gasteiger partial charge in [0.25, 0.3) is 0 Å². The predicted molar refractivity (Wildman–Crippen MR) is 59.6 cm³/mol. The van der Waals surface area contributed by atoms with Crippen molar-refractivity contribution in [3.8, 4) is 0 Å². The fourth-order valence-electron chi connectivity index (χ4n) is 1.06. The molecule has 14 heavy (non-hydrogen) atoms. The fraction of sp³-hybridized carbons (Fsp3) is 0.700. The molecule has 1 aromatic heterocycles. The summed E-state index contributed by atoms with van der Waals surface area (Å²) in [6, 6.07) is 0.208. The van der Waals surface area contributed by atoms with Crippen molar-refractivity contribution < 1.29 is 5.11 Å². The number of hydrogen-bond acceptors (Lipinski definition) is 4. The maximum atomic E-state index is 9.54. The molecule has 3 nitrogen and oxygen atoms in total. The summed E-state index contributed by atoms with van der Waals surface area (Å²) >= 11 is 1.65. The van der Waals surface area contributed by atoms with Gasteiger partial charge < -0.3 is 10.4 Å². The summed E-state index contributed by atoms with van der Waals surface area (Å²) in [4.78, 5) is 4.39. The van der Waals surface area contributed by atoms with Crippen LogP contribution in [0, 0.1) is 6.92 Å². The van der Waals surface area contributed by atoms with E-state index < -0.39 is 5.60 Å². The summed E-state index contributed by atoms with van der Waals surface area (Å²) in [6.45, 7) is 8.21. The number of rotatable bonds is 4. The lowest BCUT2D eigenvalue weighted by molar-refractivity contribution is 0.0770. The van der Waals surface area contributed by atoms with Crippen LogP contribution in [0.2, 0.25) is 0 Å². The molecule has 0 fully saturated rings. The third-order valence-electron chi connectivity index (χ3n) is 1.85. The summed E-state index contributed by atoms with van der Waals surface area (Å²) in [5.74, 6) is 0. The molecule has 0 aliphatic carbocycles.